The van der Waals surface area contributed by atoms with Crippen molar-refractivity contribution in [1.82, 2.24) is 5.32 Å². The molecule has 2 amide bonds. The van der Waals surface area contributed by atoms with Gasteiger partial charge in [-0.3, -0.25) is 14.4 Å². The monoisotopic (exact) mass is 572 g/mol. The predicted octanol–water partition coefficient (Wildman–Crippen LogP) is 6.28. The van der Waals surface area contributed by atoms with Crippen LogP contribution in [0.3, 0.4) is 0 Å². The SMILES string of the molecule is COc1ccc([C@H](CC(=O)O)NC(=O)C(CC(=O)Nc2ccc(C=CCc3ccccc3)cc2)CC(C)C)cc1OC. The molecule has 0 aliphatic carbocycles. The van der Waals surface area contributed by atoms with E-state index in [1.165, 1.54) is 19.8 Å². The van der Waals surface area contributed by atoms with E-state index in [0.29, 0.717) is 29.2 Å². The van der Waals surface area contributed by atoms with Gasteiger partial charge in [-0.2, -0.15) is 0 Å². The molecule has 0 aromatic heterocycles. The summed E-state index contributed by atoms with van der Waals surface area (Å²) in [6, 6.07) is 21.9. The van der Waals surface area contributed by atoms with E-state index in [0.717, 1.165) is 12.0 Å². The fraction of sp³-hybridized carbons (Fsp3) is 0.324. The van der Waals surface area contributed by atoms with E-state index in [9.17, 15) is 19.5 Å². The maximum atomic E-state index is 13.4. The quantitative estimate of drug-likeness (QED) is 0.197. The summed E-state index contributed by atoms with van der Waals surface area (Å²) in [6.45, 7) is 3.95. The first-order chi connectivity index (χ1) is 20.2. The molecular formula is C34H40N2O6. The van der Waals surface area contributed by atoms with E-state index in [1.54, 1.807) is 18.2 Å². The zero-order valence-electron chi connectivity index (χ0n) is 24.6. The van der Waals surface area contributed by atoms with E-state index in [2.05, 4.69) is 28.8 Å². The van der Waals surface area contributed by atoms with Crippen LogP contribution in [-0.2, 0) is 20.8 Å². The minimum atomic E-state index is -1.06. The number of amides is 2. The summed E-state index contributed by atoms with van der Waals surface area (Å²) < 4.78 is 10.6. The van der Waals surface area contributed by atoms with Gasteiger partial charge in [-0.15, -0.1) is 0 Å². The number of benzene rings is 3. The lowest BCUT2D eigenvalue weighted by atomic mass is 9.92. The Balaban J connectivity index is 1.65. The lowest BCUT2D eigenvalue weighted by Crippen LogP contribution is -2.37. The number of hydrogen-bond acceptors (Lipinski definition) is 5. The first-order valence-corrected chi connectivity index (χ1v) is 14.0. The van der Waals surface area contributed by atoms with Crippen molar-refractivity contribution in [3.8, 4) is 11.5 Å². The third kappa shape index (κ3) is 10.1. The van der Waals surface area contributed by atoms with Gasteiger partial charge in [0.15, 0.2) is 11.5 Å². The standard InChI is InChI=1S/C34H40N2O6/c1-23(2)19-27(34(40)36-29(22-33(38)39)26-15-18-30(41-3)31(20-26)42-4)21-32(37)35-28-16-13-25(14-17-28)12-8-11-24-9-6-5-7-10-24/h5-10,12-18,20,23,27,29H,11,19,21-22H2,1-4H3,(H,35,37)(H,36,40)(H,38,39)/t27?,29-/m0/s1. The van der Waals surface area contributed by atoms with Crippen molar-refractivity contribution in [2.75, 3.05) is 19.5 Å². The molecule has 0 bridgehead atoms. The first-order valence-electron chi connectivity index (χ1n) is 14.0. The maximum absolute atomic E-state index is 13.4. The molecule has 8 heteroatoms. The minimum absolute atomic E-state index is 0.0333. The summed E-state index contributed by atoms with van der Waals surface area (Å²) in [5.41, 5.74) is 3.45. The number of carboxylic acids is 1. The number of allylic oxidation sites excluding steroid dienone is 1. The van der Waals surface area contributed by atoms with E-state index in [1.807, 2.05) is 62.4 Å². The Morgan fingerprint density at radius 2 is 1.57 bits per heavy atom. The van der Waals surface area contributed by atoms with Crippen LogP contribution in [0.1, 0.15) is 55.8 Å². The predicted molar refractivity (Wildman–Crippen MR) is 164 cm³/mol. The second-order valence-electron chi connectivity index (χ2n) is 10.6. The Labute approximate surface area is 247 Å². The molecule has 0 saturated heterocycles. The molecule has 0 radical (unpaired) electrons. The average Bonchev–Trinajstić information content (AvgIpc) is 2.97. The lowest BCUT2D eigenvalue weighted by molar-refractivity contribution is -0.138. The molecule has 0 fully saturated rings. The number of carbonyl (C=O) groups excluding carboxylic acids is 2. The number of carbonyl (C=O) groups is 3. The number of aliphatic carboxylic acids is 1. The fourth-order valence-electron chi connectivity index (χ4n) is 4.70. The third-order valence-corrected chi connectivity index (χ3v) is 6.76. The number of anilines is 1. The first kappa shape index (κ1) is 31.9. The Morgan fingerprint density at radius 3 is 2.19 bits per heavy atom. The molecule has 222 valence electrons. The van der Waals surface area contributed by atoms with Gasteiger partial charge in [0.2, 0.25) is 11.8 Å². The van der Waals surface area contributed by atoms with Crippen LogP contribution in [0.4, 0.5) is 5.69 Å². The maximum Gasteiger partial charge on any atom is 0.305 e. The summed E-state index contributed by atoms with van der Waals surface area (Å²) in [6.07, 6.45) is 5.07. The second-order valence-corrected chi connectivity index (χ2v) is 10.6. The Morgan fingerprint density at radius 1 is 0.881 bits per heavy atom. The van der Waals surface area contributed by atoms with Gasteiger partial charge in [0.1, 0.15) is 0 Å². The number of ether oxygens (including phenoxy) is 2. The molecule has 8 nitrogen and oxygen atoms in total. The zero-order valence-corrected chi connectivity index (χ0v) is 24.6. The van der Waals surface area contributed by atoms with E-state index in [4.69, 9.17) is 9.47 Å². The van der Waals surface area contributed by atoms with E-state index >= 15 is 0 Å². The molecule has 3 rings (SSSR count). The highest BCUT2D eigenvalue weighted by Gasteiger charge is 2.27. The van der Waals surface area contributed by atoms with Crippen molar-refractivity contribution >= 4 is 29.5 Å². The van der Waals surface area contributed by atoms with Crippen LogP contribution in [0.2, 0.25) is 0 Å². The highest BCUT2D eigenvalue weighted by molar-refractivity contribution is 5.94. The fourth-order valence-corrected chi connectivity index (χ4v) is 4.70. The molecule has 42 heavy (non-hydrogen) atoms. The van der Waals surface area contributed by atoms with Crippen LogP contribution < -0.4 is 20.1 Å². The molecule has 3 aromatic carbocycles. The molecule has 3 N–H and O–H groups in total. The van der Waals surface area contributed by atoms with Crippen LogP contribution in [0.15, 0.2) is 78.9 Å². The molecule has 0 aliphatic rings. The lowest BCUT2D eigenvalue weighted by Gasteiger charge is -2.24. The van der Waals surface area contributed by atoms with Crippen molar-refractivity contribution in [3.05, 3.63) is 95.6 Å². The van der Waals surface area contributed by atoms with Gasteiger partial charge in [-0.05, 0) is 59.7 Å². The molecule has 1 unspecified atom stereocenters. The summed E-state index contributed by atoms with van der Waals surface area (Å²) in [4.78, 5) is 38.0. The number of methoxy groups -OCH3 is 2. The highest BCUT2D eigenvalue weighted by Crippen LogP contribution is 2.31. The number of rotatable bonds is 15. The van der Waals surface area contributed by atoms with Gasteiger partial charge in [-0.1, -0.05) is 74.5 Å². The van der Waals surface area contributed by atoms with Crippen molar-refractivity contribution in [2.24, 2.45) is 11.8 Å². The zero-order chi connectivity index (χ0) is 30.5. The van der Waals surface area contributed by atoms with Crippen molar-refractivity contribution in [1.29, 1.82) is 0 Å². The summed E-state index contributed by atoms with van der Waals surface area (Å²) in [5.74, 6) is -1.30. The molecule has 3 aromatic rings. The van der Waals surface area contributed by atoms with Gasteiger partial charge in [0, 0.05) is 18.0 Å². The largest absolute Gasteiger partial charge is 0.493 e. The Bertz CT molecular complexity index is 1350. The molecule has 0 spiro atoms. The third-order valence-electron chi connectivity index (χ3n) is 6.76. The number of hydrogen-bond donors (Lipinski definition) is 3. The molecular weight excluding hydrogens is 532 g/mol. The van der Waals surface area contributed by atoms with Crippen LogP contribution >= 0.6 is 0 Å². The Kier molecular flexibility index (Phi) is 12.2. The molecule has 0 heterocycles. The van der Waals surface area contributed by atoms with Gasteiger partial charge in [0.25, 0.3) is 0 Å². The molecule has 2 atom stereocenters. The smallest absolute Gasteiger partial charge is 0.305 e. The van der Waals surface area contributed by atoms with Gasteiger partial charge in [-0.25, -0.2) is 0 Å². The van der Waals surface area contributed by atoms with Crippen molar-refractivity contribution in [3.63, 3.8) is 0 Å². The van der Waals surface area contributed by atoms with Gasteiger partial charge in [0.05, 0.1) is 26.7 Å². The van der Waals surface area contributed by atoms with Gasteiger partial charge >= 0.3 is 5.97 Å². The number of nitrogens with one attached hydrogen (secondary N) is 2. The van der Waals surface area contributed by atoms with Crippen molar-refractivity contribution in [2.45, 2.75) is 45.6 Å². The molecule has 0 aliphatic heterocycles. The summed E-state index contributed by atoms with van der Waals surface area (Å²) in [5, 5.41) is 15.3. The second kappa shape index (κ2) is 16.0. The normalized spacial score (nSPS) is 12.5. The van der Waals surface area contributed by atoms with E-state index in [-0.39, 0.29) is 30.6 Å². The minimum Gasteiger partial charge on any atom is -0.493 e. The van der Waals surface area contributed by atoms with Crippen molar-refractivity contribution < 1.29 is 29.0 Å². The number of carboxylic acid groups (broad SMARTS) is 1. The summed E-state index contributed by atoms with van der Waals surface area (Å²) >= 11 is 0. The van der Waals surface area contributed by atoms with Crippen LogP contribution in [0.5, 0.6) is 11.5 Å². The average molecular weight is 573 g/mol. The van der Waals surface area contributed by atoms with E-state index < -0.39 is 17.9 Å². The summed E-state index contributed by atoms with van der Waals surface area (Å²) in [7, 11) is 2.99. The van der Waals surface area contributed by atoms with Gasteiger partial charge < -0.3 is 25.2 Å². The topological polar surface area (TPSA) is 114 Å². The molecule has 0 saturated carbocycles. The van der Waals surface area contributed by atoms with Crippen LogP contribution in [0.25, 0.3) is 6.08 Å². The highest BCUT2D eigenvalue weighted by atomic mass is 16.5. The Hall–Kier alpha value is -4.59. The van der Waals surface area contributed by atoms with Crippen LogP contribution in [-0.4, -0.2) is 37.1 Å². The van der Waals surface area contributed by atoms with Crippen LogP contribution in [0, 0.1) is 11.8 Å².